The average molecular weight is 152 g/mol. The average Bonchev–Trinajstić information content (AvgIpc) is 2.02. The smallest absolute Gasteiger partial charge is 0.0202 e. The zero-order valence-electron chi connectivity index (χ0n) is 8.44. The predicted molar refractivity (Wildman–Crippen MR) is 51.2 cm³/mol. The van der Waals surface area contributed by atoms with E-state index in [-0.39, 0.29) is 0 Å². The Morgan fingerprint density at radius 3 is 2.09 bits per heavy atom. The molecule has 0 aliphatic heterocycles. The molecule has 0 aliphatic rings. The minimum absolute atomic E-state index is 0.551. The first kappa shape index (κ1) is 10.6. The summed E-state index contributed by atoms with van der Waals surface area (Å²) in [5, 5.41) is 0. The zero-order valence-corrected chi connectivity index (χ0v) is 8.44. The SMILES string of the molecule is CC#CC(C)C(C)C(C)CC. The molecule has 0 nitrogen and oxygen atoms in total. The molecule has 0 aromatic carbocycles. The summed E-state index contributed by atoms with van der Waals surface area (Å²) in [6, 6.07) is 0. The number of hydrogen-bond donors (Lipinski definition) is 0. The van der Waals surface area contributed by atoms with E-state index in [9.17, 15) is 0 Å². The van der Waals surface area contributed by atoms with Crippen LogP contribution in [0.25, 0.3) is 0 Å². The van der Waals surface area contributed by atoms with E-state index in [1.54, 1.807) is 0 Å². The van der Waals surface area contributed by atoms with E-state index in [4.69, 9.17) is 0 Å². The molecule has 0 rings (SSSR count). The first-order valence-electron chi connectivity index (χ1n) is 4.55. The van der Waals surface area contributed by atoms with Gasteiger partial charge in [-0.1, -0.05) is 34.1 Å². The second-order valence-electron chi connectivity index (χ2n) is 3.43. The van der Waals surface area contributed by atoms with Crippen molar-refractivity contribution in [1.82, 2.24) is 0 Å². The molecular formula is C11H20. The molecule has 0 heterocycles. The Morgan fingerprint density at radius 2 is 1.73 bits per heavy atom. The van der Waals surface area contributed by atoms with Crippen molar-refractivity contribution in [1.29, 1.82) is 0 Å². The van der Waals surface area contributed by atoms with Gasteiger partial charge in [0.25, 0.3) is 0 Å². The third-order valence-corrected chi connectivity index (χ3v) is 2.70. The first-order chi connectivity index (χ1) is 5.13. The number of rotatable bonds is 3. The molecule has 0 N–H and O–H groups in total. The highest BCUT2D eigenvalue weighted by molar-refractivity contribution is 5.01. The van der Waals surface area contributed by atoms with Crippen LogP contribution in [0.5, 0.6) is 0 Å². The highest BCUT2D eigenvalue weighted by Gasteiger charge is 2.15. The van der Waals surface area contributed by atoms with Crippen molar-refractivity contribution in [2.24, 2.45) is 17.8 Å². The number of hydrogen-bond acceptors (Lipinski definition) is 0. The molecule has 3 atom stereocenters. The van der Waals surface area contributed by atoms with Gasteiger partial charge >= 0.3 is 0 Å². The van der Waals surface area contributed by atoms with Crippen molar-refractivity contribution < 1.29 is 0 Å². The zero-order chi connectivity index (χ0) is 8.85. The lowest BCUT2D eigenvalue weighted by Crippen LogP contribution is -2.14. The van der Waals surface area contributed by atoms with Gasteiger partial charge in [0.1, 0.15) is 0 Å². The molecule has 0 fully saturated rings. The Morgan fingerprint density at radius 1 is 1.18 bits per heavy atom. The second-order valence-corrected chi connectivity index (χ2v) is 3.43. The van der Waals surface area contributed by atoms with Crippen LogP contribution < -0.4 is 0 Å². The summed E-state index contributed by atoms with van der Waals surface area (Å²) in [6.45, 7) is 11.0. The van der Waals surface area contributed by atoms with Crippen LogP contribution in [0.15, 0.2) is 0 Å². The van der Waals surface area contributed by atoms with E-state index in [1.807, 2.05) is 6.92 Å². The lowest BCUT2D eigenvalue weighted by molar-refractivity contribution is 0.319. The molecule has 0 bridgehead atoms. The molecule has 64 valence electrons. The second kappa shape index (κ2) is 5.24. The molecule has 0 saturated heterocycles. The maximum Gasteiger partial charge on any atom is 0.0202 e. The molecule has 3 unspecified atom stereocenters. The Balaban J connectivity index is 3.97. The standard InChI is InChI=1S/C11H20/c1-6-8-10(4)11(5)9(3)7-2/h9-11H,7H2,1-5H3. The summed E-state index contributed by atoms with van der Waals surface area (Å²) >= 11 is 0. The summed E-state index contributed by atoms with van der Waals surface area (Å²) in [4.78, 5) is 0. The van der Waals surface area contributed by atoms with Gasteiger partial charge in [0.15, 0.2) is 0 Å². The fraction of sp³-hybridized carbons (Fsp3) is 0.818. The molecule has 0 aromatic heterocycles. The van der Waals surface area contributed by atoms with Gasteiger partial charge in [-0.25, -0.2) is 0 Å². The quantitative estimate of drug-likeness (QED) is 0.544. The van der Waals surface area contributed by atoms with Gasteiger partial charge in [0.2, 0.25) is 0 Å². The van der Waals surface area contributed by atoms with Crippen molar-refractivity contribution in [3.05, 3.63) is 0 Å². The van der Waals surface area contributed by atoms with Crippen LogP contribution in [0.4, 0.5) is 0 Å². The maximum atomic E-state index is 3.21. The molecule has 0 saturated carbocycles. The van der Waals surface area contributed by atoms with E-state index in [1.165, 1.54) is 6.42 Å². The van der Waals surface area contributed by atoms with Crippen molar-refractivity contribution in [3.8, 4) is 11.8 Å². The van der Waals surface area contributed by atoms with Crippen LogP contribution in [0.3, 0.4) is 0 Å². The Labute approximate surface area is 71.4 Å². The molecule has 0 spiro atoms. The minimum Gasteiger partial charge on any atom is -0.106 e. The normalized spacial score (nSPS) is 17.9. The van der Waals surface area contributed by atoms with Crippen LogP contribution in [-0.4, -0.2) is 0 Å². The van der Waals surface area contributed by atoms with Crippen LogP contribution in [0.1, 0.15) is 41.0 Å². The van der Waals surface area contributed by atoms with Gasteiger partial charge in [-0.05, 0) is 18.8 Å². The van der Waals surface area contributed by atoms with E-state index in [2.05, 4.69) is 39.5 Å². The molecule has 11 heavy (non-hydrogen) atoms. The minimum atomic E-state index is 0.551. The third-order valence-electron chi connectivity index (χ3n) is 2.70. The van der Waals surface area contributed by atoms with Crippen LogP contribution in [0.2, 0.25) is 0 Å². The molecule has 0 radical (unpaired) electrons. The van der Waals surface area contributed by atoms with Gasteiger partial charge in [0.05, 0.1) is 0 Å². The fourth-order valence-electron chi connectivity index (χ4n) is 1.22. The summed E-state index contributed by atoms with van der Waals surface area (Å²) in [7, 11) is 0. The molecular weight excluding hydrogens is 132 g/mol. The van der Waals surface area contributed by atoms with Crippen molar-refractivity contribution in [2.45, 2.75) is 41.0 Å². The summed E-state index contributed by atoms with van der Waals surface area (Å²) in [6.07, 6.45) is 1.26. The summed E-state index contributed by atoms with van der Waals surface area (Å²) in [5.74, 6) is 8.26. The highest BCUT2D eigenvalue weighted by atomic mass is 14.2. The Hall–Kier alpha value is -0.440. The summed E-state index contributed by atoms with van der Waals surface area (Å²) < 4.78 is 0. The largest absolute Gasteiger partial charge is 0.106 e. The third kappa shape index (κ3) is 3.46. The van der Waals surface area contributed by atoms with E-state index in [0.29, 0.717) is 5.92 Å². The Bertz CT molecular complexity index is 147. The monoisotopic (exact) mass is 152 g/mol. The van der Waals surface area contributed by atoms with E-state index >= 15 is 0 Å². The lowest BCUT2D eigenvalue weighted by Gasteiger charge is -2.21. The maximum absolute atomic E-state index is 3.21. The van der Waals surface area contributed by atoms with E-state index < -0.39 is 0 Å². The Kier molecular flexibility index (Phi) is 5.03. The fourth-order valence-corrected chi connectivity index (χ4v) is 1.22. The van der Waals surface area contributed by atoms with Crippen LogP contribution in [-0.2, 0) is 0 Å². The van der Waals surface area contributed by atoms with Gasteiger partial charge < -0.3 is 0 Å². The molecule has 0 amide bonds. The van der Waals surface area contributed by atoms with Crippen molar-refractivity contribution in [2.75, 3.05) is 0 Å². The van der Waals surface area contributed by atoms with Crippen LogP contribution >= 0.6 is 0 Å². The predicted octanol–water partition coefficient (Wildman–Crippen LogP) is 3.33. The summed E-state index contributed by atoms with van der Waals surface area (Å²) in [5.41, 5.74) is 0. The van der Waals surface area contributed by atoms with Crippen molar-refractivity contribution >= 4 is 0 Å². The van der Waals surface area contributed by atoms with Gasteiger partial charge in [-0.2, -0.15) is 0 Å². The van der Waals surface area contributed by atoms with Crippen molar-refractivity contribution in [3.63, 3.8) is 0 Å². The van der Waals surface area contributed by atoms with Gasteiger partial charge in [0, 0.05) is 5.92 Å². The first-order valence-corrected chi connectivity index (χ1v) is 4.55. The molecule has 0 heteroatoms. The highest BCUT2D eigenvalue weighted by Crippen LogP contribution is 2.22. The lowest BCUT2D eigenvalue weighted by atomic mass is 9.84. The van der Waals surface area contributed by atoms with Gasteiger partial charge in [-0.3, -0.25) is 0 Å². The molecule has 0 aromatic rings. The topological polar surface area (TPSA) is 0 Å². The van der Waals surface area contributed by atoms with E-state index in [0.717, 1.165) is 11.8 Å². The van der Waals surface area contributed by atoms with Crippen LogP contribution in [0, 0.1) is 29.6 Å². The van der Waals surface area contributed by atoms with Gasteiger partial charge in [-0.15, -0.1) is 11.8 Å². The molecule has 0 aliphatic carbocycles.